The van der Waals surface area contributed by atoms with E-state index in [9.17, 15) is 9.59 Å². The molecule has 1 amide bonds. The maximum Gasteiger partial charge on any atom is 0.357 e. The van der Waals surface area contributed by atoms with Gasteiger partial charge in [-0.2, -0.15) is 0 Å². The van der Waals surface area contributed by atoms with Gasteiger partial charge in [0.25, 0.3) is 5.91 Å². The Morgan fingerprint density at radius 3 is 2.76 bits per heavy atom. The molecule has 3 aromatic rings. The molecule has 0 saturated heterocycles. The molecular formula is C17H19N5O3. The highest BCUT2D eigenvalue weighted by Crippen LogP contribution is 2.14. The van der Waals surface area contributed by atoms with Gasteiger partial charge in [0.2, 0.25) is 0 Å². The van der Waals surface area contributed by atoms with Crippen LogP contribution in [0.1, 0.15) is 32.6 Å². The molecule has 3 rings (SSSR count). The van der Waals surface area contributed by atoms with E-state index >= 15 is 0 Å². The third kappa shape index (κ3) is 3.23. The van der Waals surface area contributed by atoms with Crippen LogP contribution in [-0.2, 0) is 18.2 Å². The van der Waals surface area contributed by atoms with Crippen LogP contribution in [0.15, 0.2) is 24.3 Å². The number of methoxy groups -OCH3 is 1. The summed E-state index contributed by atoms with van der Waals surface area (Å²) in [6.45, 7) is 2.05. The van der Waals surface area contributed by atoms with E-state index in [2.05, 4.69) is 25.0 Å². The number of rotatable bonds is 5. The Hall–Kier alpha value is -3.16. The van der Waals surface area contributed by atoms with Crippen molar-refractivity contribution >= 4 is 22.9 Å². The van der Waals surface area contributed by atoms with Crippen molar-refractivity contribution in [2.75, 3.05) is 13.7 Å². The van der Waals surface area contributed by atoms with Crippen LogP contribution in [0, 0.1) is 6.92 Å². The molecule has 0 aliphatic heterocycles. The number of carbonyl (C=O) groups is 2. The first kappa shape index (κ1) is 16.7. The molecule has 0 radical (unpaired) electrons. The van der Waals surface area contributed by atoms with Crippen LogP contribution in [0.2, 0.25) is 0 Å². The molecule has 2 aromatic heterocycles. The highest BCUT2D eigenvalue weighted by molar-refractivity contribution is 6.02. The summed E-state index contributed by atoms with van der Waals surface area (Å²) in [4.78, 5) is 35.4. The molecule has 0 bridgehead atoms. The summed E-state index contributed by atoms with van der Waals surface area (Å²) in [5.41, 5.74) is 2.05. The predicted molar refractivity (Wildman–Crippen MR) is 91.4 cm³/mol. The Morgan fingerprint density at radius 2 is 2.04 bits per heavy atom. The number of imidazole rings is 2. The summed E-state index contributed by atoms with van der Waals surface area (Å²) >= 11 is 0. The number of nitrogens with zero attached hydrogens (tertiary/aromatic N) is 3. The molecule has 0 fully saturated rings. The standard InChI is InChI=1S/C17H19N5O3/c1-10-19-14(15(20-10)17(24)25-3)16(23)18-9-8-13-21-11-6-4-5-7-12(11)22(13)2/h4-7H,8-9H2,1-3H3,(H,18,23)(H,19,20). The number of aromatic amines is 1. The van der Waals surface area contributed by atoms with E-state index in [-0.39, 0.29) is 11.4 Å². The van der Waals surface area contributed by atoms with Crippen molar-refractivity contribution in [1.82, 2.24) is 24.8 Å². The molecule has 8 heteroatoms. The second kappa shape index (κ2) is 6.76. The van der Waals surface area contributed by atoms with E-state index in [1.165, 1.54) is 7.11 Å². The molecule has 25 heavy (non-hydrogen) atoms. The van der Waals surface area contributed by atoms with Crippen LogP contribution in [0.25, 0.3) is 11.0 Å². The average molecular weight is 341 g/mol. The number of hydrogen-bond donors (Lipinski definition) is 2. The number of para-hydroxylation sites is 2. The van der Waals surface area contributed by atoms with Crippen molar-refractivity contribution in [3.8, 4) is 0 Å². The van der Waals surface area contributed by atoms with Crippen LogP contribution in [0.3, 0.4) is 0 Å². The third-order valence-corrected chi connectivity index (χ3v) is 3.94. The summed E-state index contributed by atoms with van der Waals surface area (Å²) in [5.74, 6) is 0.290. The fourth-order valence-electron chi connectivity index (χ4n) is 2.70. The van der Waals surface area contributed by atoms with Gasteiger partial charge in [-0.05, 0) is 19.1 Å². The lowest BCUT2D eigenvalue weighted by molar-refractivity contribution is 0.0590. The Kier molecular flexibility index (Phi) is 4.51. The summed E-state index contributed by atoms with van der Waals surface area (Å²) in [7, 11) is 3.20. The molecule has 0 atom stereocenters. The van der Waals surface area contributed by atoms with E-state index in [0.29, 0.717) is 18.8 Å². The third-order valence-electron chi connectivity index (χ3n) is 3.94. The van der Waals surface area contributed by atoms with E-state index in [1.807, 2.05) is 35.9 Å². The van der Waals surface area contributed by atoms with Gasteiger partial charge in [-0.3, -0.25) is 4.79 Å². The van der Waals surface area contributed by atoms with Gasteiger partial charge in [-0.15, -0.1) is 0 Å². The molecule has 0 spiro atoms. The Balaban J connectivity index is 1.68. The molecule has 2 N–H and O–H groups in total. The van der Waals surface area contributed by atoms with Gasteiger partial charge in [-0.25, -0.2) is 14.8 Å². The number of hydrogen-bond acceptors (Lipinski definition) is 5. The number of carbonyl (C=O) groups excluding carboxylic acids is 2. The largest absolute Gasteiger partial charge is 0.464 e. The zero-order valence-electron chi connectivity index (χ0n) is 14.3. The van der Waals surface area contributed by atoms with E-state index in [1.54, 1.807) is 6.92 Å². The van der Waals surface area contributed by atoms with Gasteiger partial charge in [0.1, 0.15) is 11.6 Å². The van der Waals surface area contributed by atoms with Gasteiger partial charge in [-0.1, -0.05) is 12.1 Å². The molecule has 1 aromatic carbocycles. The molecule has 2 heterocycles. The number of ether oxygens (including phenoxy) is 1. The number of aromatic nitrogens is 4. The molecule has 0 saturated carbocycles. The quantitative estimate of drug-likeness (QED) is 0.682. The topological polar surface area (TPSA) is 102 Å². The van der Waals surface area contributed by atoms with Crippen molar-refractivity contribution in [1.29, 1.82) is 0 Å². The Labute approximate surface area is 144 Å². The number of esters is 1. The van der Waals surface area contributed by atoms with Crippen molar-refractivity contribution < 1.29 is 14.3 Å². The lowest BCUT2D eigenvalue weighted by Gasteiger charge is -2.05. The fraction of sp³-hybridized carbons (Fsp3) is 0.294. The average Bonchev–Trinajstić information content (AvgIpc) is 3.15. The molecule has 0 aliphatic carbocycles. The van der Waals surface area contributed by atoms with E-state index in [4.69, 9.17) is 0 Å². The number of H-pyrrole nitrogens is 1. The van der Waals surface area contributed by atoms with Gasteiger partial charge >= 0.3 is 5.97 Å². The number of fused-ring (bicyclic) bond motifs is 1. The van der Waals surface area contributed by atoms with Crippen molar-refractivity contribution in [2.45, 2.75) is 13.3 Å². The van der Waals surface area contributed by atoms with Crippen LogP contribution >= 0.6 is 0 Å². The number of benzene rings is 1. The van der Waals surface area contributed by atoms with Gasteiger partial charge in [0, 0.05) is 20.0 Å². The second-order valence-electron chi connectivity index (χ2n) is 5.62. The van der Waals surface area contributed by atoms with Crippen LogP contribution < -0.4 is 5.32 Å². The van der Waals surface area contributed by atoms with Crippen molar-refractivity contribution in [3.63, 3.8) is 0 Å². The Bertz CT molecular complexity index is 941. The number of aryl methyl sites for hydroxylation is 2. The minimum Gasteiger partial charge on any atom is -0.464 e. The predicted octanol–water partition coefficient (Wildman–Crippen LogP) is 1.36. The summed E-state index contributed by atoms with van der Waals surface area (Å²) in [6, 6.07) is 7.85. The summed E-state index contributed by atoms with van der Waals surface area (Å²) in [5, 5.41) is 2.77. The monoisotopic (exact) mass is 341 g/mol. The SMILES string of the molecule is COC(=O)c1[nH]c(C)nc1C(=O)NCCc1nc2ccccc2n1C. The lowest BCUT2D eigenvalue weighted by Crippen LogP contribution is -2.28. The van der Waals surface area contributed by atoms with Gasteiger partial charge in [0.15, 0.2) is 11.4 Å². The summed E-state index contributed by atoms with van der Waals surface area (Å²) in [6.07, 6.45) is 0.563. The minimum absolute atomic E-state index is 0.0364. The smallest absolute Gasteiger partial charge is 0.357 e. The first-order valence-electron chi connectivity index (χ1n) is 7.84. The highest BCUT2D eigenvalue weighted by atomic mass is 16.5. The summed E-state index contributed by atoms with van der Waals surface area (Å²) < 4.78 is 6.66. The fourth-order valence-corrected chi connectivity index (χ4v) is 2.70. The highest BCUT2D eigenvalue weighted by Gasteiger charge is 2.22. The van der Waals surface area contributed by atoms with Crippen molar-refractivity contribution in [3.05, 3.63) is 47.3 Å². The maximum absolute atomic E-state index is 12.3. The molecule has 8 nitrogen and oxygen atoms in total. The van der Waals surface area contributed by atoms with E-state index < -0.39 is 11.9 Å². The molecule has 0 aliphatic rings. The van der Waals surface area contributed by atoms with Gasteiger partial charge < -0.3 is 19.6 Å². The van der Waals surface area contributed by atoms with Crippen LogP contribution in [0.4, 0.5) is 0 Å². The maximum atomic E-state index is 12.3. The number of amides is 1. The minimum atomic E-state index is -0.624. The number of nitrogens with one attached hydrogen (secondary N) is 2. The van der Waals surface area contributed by atoms with Crippen molar-refractivity contribution in [2.24, 2.45) is 7.05 Å². The molecular weight excluding hydrogens is 322 g/mol. The van der Waals surface area contributed by atoms with Crippen LogP contribution in [0.5, 0.6) is 0 Å². The normalized spacial score (nSPS) is 10.8. The first-order chi connectivity index (χ1) is 12.0. The first-order valence-corrected chi connectivity index (χ1v) is 7.84. The molecule has 130 valence electrons. The van der Waals surface area contributed by atoms with Crippen LogP contribution in [-0.4, -0.2) is 45.1 Å². The zero-order chi connectivity index (χ0) is 18.0. The zero-order valence-corrected chi connectivity index (χ0v) is 14.3. The van der Waals surface area contributed by atoms with Gasteiger partial charge in [0.05, 0.1) is 18.1 Å². The lowest BCUT2D eigenvalue weighted by atomic mass is 10.3. The second-order valence-corrected chi connectivity index (χ2v) is 5.62. The molecule has 0 unspecified atom stereocenters. The van der Waals surface area contributed by atoms with E-state index in [0.717, 1.165) is 16.9 Å². The Morgan fingerprint density at radius 1 is 1.28 bits per heavy atom.